The summed E-state index contributed by atoms with van der Waals surface area (Å²) in [6.07, 6.45) is 8.31. The van der Waals surface area contributed by atoms with Crippen LogP contribution in [0.4, 0.5) is 17.1 Å². The van der Waals surface area contributed by atoms with E-state index >= 15 is 0 Å². The molecule has 2 aromatic heterocycles. The van der Waals surface area contributed by atoms with E-state index in [0.717, 1.165) is 16.6 Å². The van der Waals surface area contributed by atoms with Crippen molar-refractivity contribution in [3.8, 4) is 0 Å². The molecule has 0 unspecified atom stereocenters. The summed E-state index contributed by atoms with van der Waals surface area (Å²) < 4.78 is 1.02. The number of anilines is 3. The van der Waals surface area contributed by atoms with Crippen LogP contribution >= 0.6 is 15.9 Å². The van der Waals surface area contributed by atoms with Crippen LogP contribution in [0.3, 0.4) is 0 Å². The summed E-state index contributed by atoms with van der Waals surface area (Å²) in [6, 6.07) is 42.8. The zero-order valence-electron chi connectivity index (χ0n) is 26.3. The van der Waals surface area contributed by atoms with Crippen LogP contribution in [-0.4, -0.2) is 9.97 Å². The predicted molar refractivity (Wildman–Crippen MR) is 198 cm³/mol. The average molecular weight is 669 g/mol. The van der Waals surface area contributed by atoms with Crippen LogP contribution in [0.1, 0.15) is 68.5 Å². The van der Waals surface area contributed by atoms with Gasteiger partial charge in [0.1, 0.15) is 0 Å². The van der Waals surface area contributed by atoms with E-state index in [-0.39, 0.29) is 18.3 Å². The quantitative estimate of drug-likeness (QED) is 0.175. The fourth-order valence-corrected chi connectivity index (χ4v) is 6.96. The number of halogens is 1. The van der Waals surface area contributed by atoms with Gasteiger partial charge in [-0.1, -0.05) is 120 Å². The highest BCUT2D eigenvalue weighted by Gasteiger charge is 2.36. The SMILES string of the molecule is Brc1cccnc1.C.CC1(C)c2ccccc2Cc2ccccc21.CC1(C)c2ccccc2N(c2cccnc2)c2ccccc21. The summed E-state index contributed by atoms with van der Waals surface area (Å²) >= 11 is 3.25. The van der Waals surface area contributed by atoms with Gasteiger partial charge in [0, 0.05) is 33.9 Å². The molecule has 3 heterocycles. The van der Waals surface area contributed by atoms with Gasteiger partial charge in [0.2, 0.25) is 0 Å². The number of hydrogen-bond donors (Lipinski definition) is 0. The second-order valence-electron chi connectivity index (χ2n) is 12.5. The van der Waals surface area contributed by atoms with E-state index in [0.29, 0.717) is 0 Å². The molecule has 0 spiro atoms. The maximum atomic E-state index is 4.30. The Kier molecular flexibility index (Phi) is 9.88. The van der Waals surface area contributed by atoms with Gasteiger partial charge in [-0.15, -0.1) is 0 Å². The Morgan fingerprint density at radius 2 is 0.957 bits per heavy atom. The van der Waals surface area contributed by atoms with Crippen LogP contribution in [0.15, 0.2) is 151 Å². The molecule has 0 radical (unpaired) electrons. The lowest BCUT2D eigenvalue weighted by molar-refractivity contribution is 0.610. The molecule has 1 aliphatic carbocycles. The highest BCUT2D eigenvalue weighted by molar-refractivity contribution is 9.10. The van der Waals surface area contributed by atoms with Gasteiger partial charge in [-0.3, -0.25) is 9.97 Å². The first-order valence-corrected chi connectivity index (χ1v) is 16.2. The second-order valence-corrected chi connectivity index (χ2v) is 13.4. The van der Waals surface area contributed by atoms with E-state index in [9.17, 15) is 0 Å². The number of fused-ring (bicyclic) bond motifs is 4. The fraction of sp³-hybridized carbons (Fsp3) is 0.190. The Morgan fingerprint density at radius 1 is 0.522 bits per heavy atom. The highest BCUT2D eigenvalue weighted by Crippen LogP contribution is 2.51. The Hall–Kier alpha value is -4.54. The fourth-order valence-electron chi connectivity index (χ4n) is 6.69. The van der Waals surface area contributed by atoms with Crippen LogP contribution in [0.25, 0.3) is 0 Å². The van der Waals surface area contributed by atoms with Crippen molar-refractivity contribution in [3.63, 3.8) is 0 Å². The minimum Gasteiger partial charge on any atom is -0.308 e. The lowest BCUT2D eigenvalue weighted by atomic mass is 9.69. The summed E-state index contributed by atoms with van der Waals surface area (Å²) in [4.78, 5) is 10.4. The van der Waals surface area contributed by atoms with Crippen LogP contribution in [0.5, 0.6) is 0 Å². The van der Waals surface area contributed by atoms with Crippen molar-refractivity contribution >= 4 is 33.0 Å². The van der Waals surface area contributed by atoms with Gasteiger partial charge in [0.05, 0.1) is 23.3 Å². The highest BCUT2D eigenvalue weighted by atomic mass is 79.9. The number of pyridine rings is 2. The molecule has 0 saturated heterocycles. The lowest BCUT2D eigenvalue weighted by Gasteiger charge is -2.41. The number of rotatable bonds is 1. The van der Waals surface area contributed by atoms with E-state index in [2.05, 4.69) is 162 Å². The third kappa shape index (κ3) is 6.41. The molecular weight excluding hydrogens is 626 g/mol. The topological polar surface area (TPSA) is 29.0 Å². The van der Waals surface area contributed by atoms with Crippen molar-refractivity contribution in [1.29, 1.82) is 0 Å². The largest absolute Gasteiger partial charge is 0.308 e. The van der Waals surface area contributed by atoms with Crippen LogP contribution in [-0.2, 0) is 17.3 Å². The van der Waals surface area contributed by atoms with Crippen molar-refractivity contribution in [1.82, 2.24) is 9.97 Å². The molecule has 0 amide bonds. The van der Waals surface area contributed by atoms with Crippen molar-refractivity contribution in [3.05, 3.63) is 184 Å². The van der Waals surface area contributed by atoms with Crippen molar-refractivity contribution in [2.24, 2.45) is 0 Å². The Balaban J connectivity index is 0.000000152. The maximum Gasteiger partial charge on any atom is 0.0645 e. The van der Waals surface area contributed by atoms with Crippen molar-refractivity contribution in [2.45, 2.75) is 52.4 Å². The van der Waals surface area contributed by atoms with Gasteiger partial charge in [-0.25, -0.2) is 0 Å². The zero-order valence-corrected chi connectivity index (χ0v) is 27.9. The van der Waals surface area contributed by atoms with Gasteiger partial charge in [0.25, 0.3) is 0 Å². The smallest absolute Gasteiger partial charge is 0.0645 e. The van der Waals surface area contributed by atoms with E-state index in [1.165, 1.54) is 44.8 Å². The number of aromatic nitrogens is 2. The molecule has 0 bridgehead atoms. The predicted octanol–water partition coefficient (Wildman–Crippen LogP) is 11.6. The summed E-state index contributed by atoms with van der Waals surface area (Å²) in [5, 5.41) is 0. The molecule has 4 aromatic carbocycles. The minimum absolute atomic E-state index is 0. The maximum absolute atomic E-state index is 4.30. The molecule has 0 N–H and O–H groups in total. The molecule has 4 heteroatoms. The van der Waals surface area contributed by atoms with Gasteiger partial charge >= 0.3 is 0 Å². The first-order chi connectivity index (χ1) is 21.8. The first-order valence-electron chi connectivity index (χ1n) is 15.4. The summed E-state index contributed by atoms with van der Waals surface area (Å²) in [7, 11) is 0. The summed E-state index contributed by atoms with van der Waals surface area (Å²) in [5.41, 5.74) is 12.3. The molecule has 2 aliphatic rings. The lowest BCUT2D eigenvalue weighted by Crippen LogP contribution is -2.30. The van der Waals surface area contributed by atoms with Gasteiger partial charge in [-0.05, 0) is 92.1 Å². The second kappa shape index (κ2) is 13.8. The van der Waals surface area contributed by atoms with Gasteiger partial charge in [0.15, 0.2) is 0 Å². The zero-order chi connectivity index (χ0) is 31.4. The molecule has 232 valence electrons. The third-order valence-corrected chi connectivity index (χ3v) is 9.40. The van der Waals surface area contributed by atoms with Crippen molar-refractivity contribution < 1.29 is 0 Å². The van der Waals surface area contributed by atoms with E-state index < -0.39 is 0 Å². The van der Waals surface area contributed by atoms with Crippen molar-refractivity contribution in [2.75, 3.05) is 4.90 Å². The Morgan fingerprint density at radius 3 is 1.39 bits per heavy atom. The number of benzene rings is 4. The molecule has 0 atom stereocenters. The summed E-state index contributed by atoms with van der Waals surface area (Å²) in [5.74, 6) is 0. The standard InChI is InChI=1S/C20H18N2.C16H16.C5H4BrN.CH4/c1-20(2)16-9-3-5-11-18(16)22(15-8-7-13-21-14-15)19-12-6-4-10-17(19)20;1-16(2)14-9-5-3-7-12(14)11-13-8-4-6-10-15(13)16;6-5-2-1-3-7-4-5;/h3-14H,1-2H3;3-10H,11H2,1-2H3;1-4H;1H4. The molecule has 0 saturated carbocycles. The van der Waals surface area contributed by atoms with Crippen LogP contribution < -0.4 is 4.90 Å². The minimum atomic E-state index is -0.00804. The van der Waals surface area contributed by atoms with Crippen LogP contribution in [0, 0.1) is 0 Å². The first kappa shape index (κ1) is 32.8. The van der Waals surface area contributed by atoms with E-state index in [1.54, 1.807) is 12.4 Å². The molecule has 3 nitrogen and oxygen atoms in total. The molecular formula is C42H42BrN3. The Labute approximate surface area is 283 Å². The monoisotopic (exact) mass is 667 g/mol. The van der Waals surface area contributed by atoms with E-state index in [4.69, 9.17) is 0 Å². The average Bonchev–Trinajstić information content (AvgIpc) is 3.07. The molecule has 6 aromatic rings. The van der Waals surface area contributed by atoms with Crippen LogP contribution in [0.2, 0.25) is 0 Å². The molecule has 1 aliphatic heterocycles. The number of para-hydroxylation sites is 2. The molecule has 0 fully saturated rings. The van der Waals surface area contributed by atoms with Gasteiger partial charge < -0.3 is 4.90 Å². The normalized spacial score (nSPS) is 14.2. The third-order valence-electron chi connectivity index (χ3n) is 8.93. The molecule has 46 heavy (non-hydrogen) atoms. The summed E-state index contributed by atoms with van der Waals surface area (Å²) in [6.45, 7) is 9.24. The Bertz CT molecular complexity index is 1800. The van der Waals surface area contributed by atoms with E-state index in [1.807, 2.05) is 30.6 Å². The number of nitrogens with zero attached hydrogens (tertiary/aromatic N) is 3. The molecule has 8 rings (SSSR count). The number of hydrogen-bond acceptors (Lipinski definition) is 3. The van der Waals surface area contributed by atoms with Gasteiger partial charge in [-0.2, -0.15) is 0 Å².